The third-order valence-electron chi connectivity index (χ3n) is 3.55. The first-order chi connectivity index (χ1) is 9.25. The van der Waals surface area contributed by atoms with E-state index in [4.69, 9.17) is 4.74 Å². The van der Waals surface area contributed by atoms with Crippen molar-refractivity contribution < 1.29 is 19.4 Å². The summed E-state index contributed by atoms with van der Waals surface area (Å²) in [5, 5.41) is 11.9. The molecule has 0 aromatic rings. The van der Waals surface area contributed by atoms with E-state index in [2.05, 4.69) is 17.1 Å². The summed E-state index contributed by atoms with van der Waals surface area (Å²) in [4.78, 5) is 25.5. The highest BCUT2D eigenvalue weighted by Crippen LogP contribution is 2.26. The lowest BCUT2D eigenvalue weighted by Crippen LogP contribution is -2.50. The van der Waals surface area contributed by atoms with Gasteiger partial charge in [0.05, 0.1) is 12.7 Å². The van der Waals surface area contributed by atoms with Crippen molar-refractivity contribution in [2.75, 3.05) is 32.8 Å². The number of carbonyl (C=O) groups excluding carboxylic acids is 1. The Morgan fingerprint density at radius 1 is 1.45 bits per heavy atom. The molecule has 0 spiro atoms. The van der Waals surface area contributed by atoms with E-state index >= 15 is 0 Å². The average Bonchev–Trinajstić information content (AvgIpc) is 2.34. The maximum atomic E-state index is 12.1. The first-order valence-corrected chi connectivity index (χ1v) is 7.10. The largest absolute Gasteiger partial charge is 0.481 e. The normalized spacial score (nSPS) is 22.3. The van der Waals surface area contributed by atoms with E-state index in [1.165, 1.54) is 0 Å². The van der Waals surface area contributed by atoms with Crippen molar-refractivity contribution in [1.82, 2.24) is 10.2 Å². The summed E-state index contributed by atoms with van der Waals surface area (Å²) >= 11 is 0. The van der Waals surface area contributed by atoms with Crippen molar-refractivity contribution in [2.45, 2.75) is 33.8 Å². The molecule has 116 valence electrons. The Balaban J connectivity index is 2.51. The van der Waals surface area contributed by atoms with Crippen LogP contribution < -0.4 is 5.32 Å². The number of hydrogen-bond acceptors (Lipinski definition) is 4. The van der Waals surface area contributed by atoms with Crippen molar-refractivity contribution >= 4 is 11.9 Å². The van der Waals surface area contributed by atoms with E-state index in [-0.39, 0.29) is 6.10 Å². The van der Waals surface area contributed by atoms with Gasteiger partial charge in [-0.3, -0.25) is 14.5 Å². The van der Waals surface area contributed by atoms with Crippen LogP contribution in [0.3, 0.4) is 0 Å². The number of aliphatic carboxylic acids is 1. The molecule has 1 aliphatic rings. The highest BCUT2D eigenvalue weighted by molar-refractivity contribution is 5.97. The summed E-state index contributed by atoms with van der Waals surface area (Å²) in [5.41, 5.74) is -0.612. The molecule has 2 unspecified atom stereocenters. The van der Waals surface area contributed by atoms with Crippen LogP contribution in [-0.2, 0) is 14.3 Å². The van der Waals surface area contributed by atoms with Gasteiger partial charge >= 0.3 is 5.97 Å². The second kappa shape index (κ2) is 7.04. The summed E-state index contributed by atoms with van der Waals surface area (Å²) in [5.74, 6) is -2.58. The fraction of sp³-hybridized carbons (Fsp3) is 0.857. The predicted octanol–water partition coefficient (Wildman–Crippen LogP) is 0.570. The van der Waals surface area contributed by atoms with Crippen molar-refractivity contribution in [2.24, 2.45) is 11.3 Å². The minimum Gasteiger partial charge on any atom is -0.481 e. The van der Waals surface area contributed by atoms with Crippen molar-refractivity contribution in [3.63, 3.8) is 0 Å². The highest BCUT2D eigenvalue weighted by atomic mass is 16.5. The number of carboxylic acid groups (broad SMARTS) is 1. The number of amides is 1. The van der Waals surface area contributed by atoms with E-state index in [9.17, 15) is 14.7 Å². The Hall–Kier alpha value is -1.14. The van der Waals surface area contributed by atoms with Gasteiger partial charge in [0.15, 0.2) is 0 Å². The van der Waals surface area contributed by atoms with Gasteiger partial charge in [0, 0.05) is 19.6 Å². The summed E-state index contributed by atoms with van der Waals surface area (Å²) in [7, 11) is 0. The van der Waals surface area contributed by atoms with Crippen LogP contribution in [0.5, 0.6) is 0 Å². The van der Waals surface area contributed by atoms with Crippen LogP contribution in [0.15, 0.2) is 0 Å². The Morgan fingerprint density at radius 2 is 2.10 bits per heavy atom. The fourth-order valence-corrected chi connectivity index (χ4v) is 2.38. The molecule has 1 heterocycles. The molecule has 2 N–H and O–H groups in total. The minimum absolute atomic E-state index is 0.0675. The second-order valence-corrected chi connectivity index (χ2v) is 6.27. The number of carbonyl (C=O) groups is 2. The van der Waals surface area contributed by atoms with Gasteiger partial charge in [-0.15, -0.1) is 0 Å². The van der Waals surface area contributed by atoms with Gasteiger partial charge in [0.1, 0.15) is 5.92 Å². The fourth-order valence-electron chi connectivity index (χ4n) is 2.38. The Bertz CT molecular complexity index is 352. The molecule has 0 bridgehead atoms. The molecule has 1 saturated heterocycles. The molecule has 0 saturated carbocycles. The summed E-state index contributed by atoms with van der Waals surface area (Å²) in [6.07, 6.45) is -0.0675. The summed E-state index contributed by atoms with van der Waals surface area (Å²) in [6.45, 7) is 11.0. The van der Waals surface area contributed by atoms with Crippen LogP contribution in [0.1, 0.15) is 27.7 Å². The van der Waals surface area contributed by atoms with Crippen LogP contribution in [0.4, 0.5) is 0 Å². The Labute approximate surface area is 120 Å². The Kier molecular flexibility index (Phi) is 5.95. The van der Waals surface area contributed by atoms with Crippen LogP contribution in [0.25, 0.3) is 0 Å². The molecule has 2 atom stereocenters. The van der Waals surface area contributed by atoms with Gasteiger partial charge in [-0.2, -0.15) is 0 Å². The summed E-state index contributed by atoms with van der Waals surface area (Å²) < 4.78 is 5.58. The summed E-state index contributed by atoms with van der Waals surface area (Å²) in [6, 6.07) is 0. The molecule has 1 aliphatic heterocycles. The number of likely N-dealkylation sites (N-methyl/N-ethyl adjacent to an activating group) is 1. The average molecular weight is 286 g/mol. The van der Waals surface area contributed by atoms with Gasteiger partial charge < -0.3 is 15.2 Å². The first kappa shape index (κ1) is 16.9. The maximum Gasteiger partial charge on any atom is 0.316 e. The number of carboxylic acids is 1. The van der Waals surface area contributed by atoms with Crippen molar-refractivity contribution in [3.05, 3.63) is 0 Å². The number of hydrogen-bond donors (Lipinski definition) is 2. The molecule has 0 aromatic heterocycles. The molecule has 0 radical (unpaired) electrons. The third-order valence-corrected chi connectivity index (χ3v) is 3.55. The number of ether oxygens (including phenoxy) is 1. The first-order valence-electron chi connectivity index (χ1n) is 7.10. The standard InChI is InChI=1S/C14H26N2O4/c1-5-16-6-7-20-10(9-16)8-15-12(17)11(13(18)19)14(2,3)4/h10-11H,5-9H2,1-4H3,(H,15,17)(H,18,19). The zero-order chi connectivity index (χ0) is 15.3. The highest BCUT2D eigenvalue weighted by Gasteiger charge is 2.37. The van der Waals surface area contributed by atoms with E-state index in [0.29, 0.717) is 13.2 Å². The lowest BCUT2D eigenvalue weighted by Gasteiger charge is -2.33. The topological polar surface area (TPSA) is 78.9 Å². The number of morpholine rings is 1. The quantitative estimate of drug-likeness (QED) is 0.722. The molecular weight excluding hydrogens is 260 g/mol. The Morgan fingerprint density at radius 3 is 2.60 bits per heavy atom. The third kappa shape index (κ3) is 4.76. The van der Waals surface area contributed by atoms with Gasteiger partial charge in [-0.25, -0.2) is 0 Å². The molecular formula is C14H26N2O4. The van der Waals surface area contributed by atoms with Gasteiger partial charge in [-0.1, -0.05) is 27.7 Å². The van der Waals surface area contributed by atoms with Gasteiger partial charge in [0.2, 0.25) is 5.91 Å². The van der Waals surface area contributed by atoms with Crippen LogP contribution >= 0.6 is 0 Å². The molecule has 20 heavy (non-hydrogen) atoms. The maximum absolute atomic E-state index is 12.1. The molecule has 0 aliphatic carbocycles. The van der Waals surface area contributed by atoms with Crippen molar-refractivity contribution in [3.8, 4) is 0 Å². The number of nitrogens with one attached hydrogen (secondary N) is 1. The van der Waals surface area contributed by atoms with Gasteiger partial charge in [-0.05, 0) is 12.0 Å². The molecule has 0 aromatic carbocycles. The van der Waals surface area contributed by atoms with E-state index < -0.39 is 23.2 Å². The lowest BCUT2D eigenvalue weighted by molar-refractivity contribution is -0.151. The SMILES string of the molecule is CCN1CCOC(CNC(=O)C(C(=O)O)C(C)(C)C)C1. The number of rotatable bonds is 5. The molecule has 6 heteroatoms. The minimum atomic E-state index is -1.09. The van der Waals surface area contributed by atoms with Crippen LogP contribution in [0.2, 0.25) is 0 Å². The van der Waals surface area contributed by atoms with Crippen LogP contribution in [-0.4, -0.2) is 60.8 Å². The predicted molar refractivity (Wildman–Crippen MR) is 75.4 cm³/mol. The second-order valence-electron chi connectivity index (χ2n) is 6.27. The van der Waals surface area contributed by atoms with E-state index in [0.717, 1.165) is 19.6 Å². The smallest absolute Gasteiger partial charge is 0.316 e. The zero-order valence-corrected chi connectivity index (χ0v) is 12.8. The molecule has 6 nitrogen and oxygen atoms in total. The zero-order valence-electron chi connectivity index (χ0n) is 12.8. The van der Waals surface area contributed by atoms with Crippen molar-refractivity contribution in [1.29, 1.82) is 0 Å². The van der Waals surface area contributed by atoms with E-state index in [1.54, 1.807) is 20.8 Å². The number of nitrogens with zero attached hydrogens (tertiary/aromatic N) is 1. The van der Waals surface area contributed by atoms with E-state index in [1.807, 2.05) is 0 Å². The lowest BCUT2D eigenvalue weighted by atomic mass is 9.80. The van der Waals surface area contributed by atoms with Crippen LogP contribution in [0, 0.1) is 11.3 Å². The monoisotopic (exact) mass is 286 g/mol. The molecule has 1 amide bonds. The molecule has 1 rings (SSSR count). The van der Waals surface area contributed by atoms with Gasteiger partial charge in [0.25, 0.3) is 0 Å². The molecule has 1 fully saturated rings.